The predicted molar refractivity (Wildman–Crippen MR) is 81.0 cm³/mol. The van der Waals surface area contributed by atoms with Gasteiger partial charge >= 0.3 is 6.96 Å². The first-order valence-corrected chi connectivity index (χ1v) is 7.21. The highest BCUT2D eigenvalue weighted by Gasteiger charge is 2.48. The highest BCUT2D eigenvalue weighted by molar-refractivity contribution is 6.54. The van der Waals surface area contributed by atoms with Crippen molar-refractivity contribution in [3.8, 4) is 0 Å². The molecule has 25 heavy (non-hydrogen) atoms. The van der Waals surface area contributed by atoms with E-state index in [0.717, 1.165) is 19.4 Å². The number of hydrogen-bond donors (Lipinski definition) is 0. The molecule has 0 spiro atoms. The summed E-state index contributed by atoms with van der Waals surface area (Å²) in [5.74, 6) is 0. The van der Waals surface area contributed by atoms with Gasteiger partial charge in [0, 0.05) is 0 Å². The lowest BCUT2D eigenvalue weighted by Gasteiger charge is -2.37. The molecule has 0 aliphatic carbocycles. The second-order valence-corrected chi connectivity index (χ2v) is 4.63. The van der Waals surface area contributed by atoms with Crippen LogP contribution in [0.5, 0.6) is 0 Å². The van der Waals surface area contributed by atoms with Gasteiger partial charge in [0.05, 0.1) is 49.6 Å². The van der Waals surface area contributed by atoms with Gasteiger partial charge in [0.25, 0.3) is 0 Å². The summed E-state index contributed by atoms with van der Waals surface area (Å²) >= 11 is 0. The summed E-state index contributed by atoms with van der Waals surface area (Å²) in [6.45, 7) is -3.01. The maximum atomic E-state index is 5.68. The fraction of sp³-hybridized carbons (Fsp3) is 0. The number of rotatable bonds is 8. The molecule has 0 bridgehead atoms. The van der Waals surface area contributed by atoms with Gasteiger partial charge in [-0.05, 0) is 24.3 Å². The molecule has 4 heterocycles. The Kier molecular flexibility index (Phi) is 3.71. The van der Waals surface area contributed by atoms with Crippen molar-refractivity contribution in [3.63, 3.8) is 0 Å². The van der Waals surface area contributed by atoms with Crippen molar-refractivity contribution >= 4 is 6.96 Å². The first kappa shape index (κ1) is 14.7. The molecule has 0 aliphatic rings. The molecule has 0 radical (unpaired) electrons. The zero-order valence-electron chi connectivity index (χ0n) is 12.7. The zero-order chi connectivity index (χ0) is 17.0. The first-order valence-electron chi connectivity index (χ1n) is 7.21. The molecular weight excluding hydrogens is 331 g/mol. The van der Waals surface area contributed by atoms with E-state index in [0.29, 0.717) is 0 Å². The van der Waals surface area contributed by atoms with E-state index in [1.54, 1.807) is 49.1 Å². The molecular formula is C12H12BN8O4-. The fourth-order valence-electron chi connectivity index (χ4n) is 1.91. The standard InChI is InChI=1S/C12H12BN8O4/c1-5-14-18(9-1)22-13(23-19-10-2-6-15-19,24-20-11-3-7-16-20)25-21-12-4-8-17-21/h1-12H/q-1. The van der Waals surface area contributed by atoms with E-state index in [1.165, 1.54) is 24.8 Å². The monoisotopic (exact) mass is 343 g/mol. The Labute approximate surface area is 140 Å². The topological polar surface area (TPSA) is 108 Å². The number of nitrogens with zero attached hydrogens (tertiary/aromatic N) is 8. The number of hydrogen-bond acceptors (Lipinski definition) is 8. The predicted octanol–water partition coefficient (Wildman–Crippen LogP) is -1.28. The van der Waals surface area contributed by atoms with Crippen molar-refractivity contribution in [2.45, 2.75) is 0 Å². The molecule has 13 heteroatoms. The first-order chi connectivity index (χ1) is 12.3. The average Bonchev–Trinajstić information content (AvgIpc) is 3.37. The molecule has 128 valence electrons. The van der Waals surface area contributed by atoms with Crippen LogP contribution in [0.4, 0.5) is 0 Å². The van der Waals surface area contributed by atoms with Gasteiger partial charge in [-0.15, -0.1) is 39.8 Å². The second-order valence-electron chi connectivity index (χ2n) is 4.63. The van der Waals surface area contributed by atoms with Crippen LogP contribution in [0.15, 0.2) is 73.8 Å². The molecule has 0 aromatic carbocycles. The summed E-state index contributed by atoms with van der Waals surface area (Å²) in [5, 5.41) is 15.9. The minimum absolute atomic E-state index is 1.12. The molecule has 0 unspecified atom stereocenters. The second kappa shape index (κ2) is 6.31. The lowest BCUT2D eigenvalue weighted by molar-refractivity contribution is -0.0721. The van der Waals surface area contributed by atoms with Crippen LogP contribution in [-0.2, 0) is 0 Å². The van der Waals surface area contributed by atoms with Gasteiger partial charge in [-0.1, -0.05) is 0 Å². The van der Waals surface area contributed by atoms with Gasteiger partial charge in [-0.2, -0.15) is 0 Å². The van der Waals surface area contributed by atoms with Crippen LogP contribution in [0.2, 0.25) is 0 Å². The Balaban J connectivity index is 1.70. The Morgan fingerprint density at radius 1 is 0.480 bits per heavy atom. The lowest BCUT2D eigenvalue weighted by atomic mass is 10.1. The van der Waals surface area contributed by atoms with E-state index < -0.39 is 6.96 Å². The lowest BCUT2D eigenvalue weighted by Crippen LogP contribution is -2.70. The van der Waals surface area contributed by atoms with Crippen molar-refractivity contribution in [3.05, 3.63) is 73.8 Å². The third kappa shape index (κ3) is 3.39. The van der Waals surface area contributed by atoms with Gasteiger partial charge in [-0.3, -0.25) is 0 Å². The molecule has 12 nitrogen and oxygen atoms in total. The normalized spacial score (nSPS) is 11.2. The molecule has 0 fully saturated rings. The molecule has 0 atom stereocenters. The van der Waals surface area contributed by atoms with E-state index >= 15 is 0 Å². The van der Waals surface area contributed by atoms with Gasteiger partial charge < -0.3 is 19.0 Å². The van der Waals surface area contributed by atoms with Crippen molar-refractivity contribution in [1.82, 2.24) is 39.8 Å². The van der Waals surface area contributed by atoms with Crippen molar-refractivity contribution in [1.29, 1.82) is 0 Å². The fourth-order valence-corrected chi connectivity index (χ4v) is 1.91. The molecule has 0 saturated carbocycles. The Bertz CT molecular complexity index is 712. The highest BCUT2D eigenvalue weighted by atomic mass is 17.0. The van der Waals surface area contributed by atoms with Crippen molar-refractivity contribution in [2.24, 2.45) is 0 Å². The van der Waals surface area contributed by atoms with Crippen LogP contribution in [0.25, 0.3) is 0 Å². The Hall–Kier alpha value is -3.90. The molecule has 0 saturated heterocycles. The third-order valence-electron chi connectivity index (χ3n) is 2.87. The van der Waals surface area contributed by atoms with Crippen molar-refractivity contribution < 1.29 is 19.0 Å². The summed E-state index contributed by atoms with van der Waals surface area (Å²) < 4.78 is 22.7. The summed E-state index contributed by atoms with van der Waals surface area (Å²) in [4.78, 5) is 4.49. The highest BCUT2D eigenvalue weighted by Crippen LogP contribution is 2.01. The van der Waals surface area contributed by atoms with Crippen LogP contribution in [0.1, 0.15) is 0 Å². The third-order valence-corrected chi connectivity index (χ3v) is 2.87. The van der Waals surface area contributed by atoms with Gasteiger partial charge in [-0.25, -0.2) is 0 Å². The summed E-state index contributed by atoms with van der Waals surface area (Å²) in [6, 6.07) is 6.65. The van der Waals surface area contributed by atoms with Crippen LogP contribution < -0.4 is 19.0 Å². The summed E-state index contributed by atoms with van der Waals surface area (Å²) in [5.41, 5.74) is 0. The van der Waals surface area contributed by atoms with E-state index in [9.17, 15) is 0 Å². The summed E-state index contributed by atoms with van der Waals surface area (Å²) in [7, 11) is 0. The van der Waals surface area contributed by atoms with E-state index in [1.807, 2.05) is 0 Å². The van der Waals surface area contributed by atoms with E-state index in [4.69, 9.17) is 19.0 Å². The maximum absolute atomic E-state index is 5.68. The largest absolute Gasteiger partial charge is 0.858 e. The van der Waals surface area contributed by atoms with Crippen LogP contribution in [0, 0.1) is 0 Å². The average molecular weight is 343 g/mol. The summed E-state index contributed by atoms with van der Waals surface area (Å²) in [6.07, 6.45) is 12.3. The Morgan fingerprint density at radius 2 is 0.760 bits per heavy atom. The molecule has 0 N–H and O–H groups in total. The minimum Gasteiger partial charge on any atom is -0.501 e. The van der Waals surface area contributed by atoms with E-state index in [-0.39, 0.29) is 0 Å². The quantitative estimate of drug-likeness (QED) is 0.364. The van der Waals surface area contributed by atoms with Crippen LogP contribution >= 0.6 is 0 Å². The molecule has 4 rings (SSSR count). The molecule has 0 amide bonds. The van der Waals surface area contributed by atoms with Crippen molar-refractivity contribution in [2.75, 3.05) is 0 Å². The van der Waals surface area contributed by atoms with Crippen LogP contribution in [0.3, 0.4) is 0 Å². The van der Waals surface area contributed by atoms with Gasteiger partial charge in [0.1, 0.15) is 0 Å². The SMILES string of the molecule is c1cnn(O[B-](On2cccn2)(On2cccn2)On2cccn2)c1. The van der Waals surface area contributed by atoms with Gasteiger partial charge in [0.15, 0.2) is 0 Å². The smallest absolute Gasteiger partial charge is 0.501 e. The number of aromatic nitrogens is 8. The van der Waals surface area contributed by atoms with Crippen LogP contribution in [-0.4, -0.2) is 46.7 Å². The molecule has 4 aromatic heterocycles. The zero-order valence-corrected chi connectivity index (χ0v) is 12.7. The minimum atomic E-state index is -3.01. The van der Waals surface area contributed by atoms with E-state index in [2.05, 4.69) is 20.4 Å². The van der Waals surface area contributed by atoms with Gasteiger partial charge in [0.2, 0.25) is 0 Å². The maximum Gasteiger partial charge on any atom is 0.858 e. The molecule has 0 aliphatic heterocycles. The Morgan fingerprint density at radius 3 is 0.960 bits per heavy atom. The molecule has 4 aromatic rings.